The third kappa shape index (κ3) is 4.39. The second kappa shape index (κ2) is 8.39. The largest absolute Gasteiger partial charge is 0.493 e. The van der Waals surface area contributed by atoms with E-state index < -0.39 is 5.97 Å². The van der Waals surface area contributed by atoms with Crippen LogP contribution in [0.3, 0.4) is 0 Å². The number of hydrogen-bond donors (Lipinski definition) is 0. The molecular formula is C21H18INO4. The SMILES string of the molecule is C=CCOc1c(I)cc(C=C2N=C(c3ccc(C)cc3)OC2=O)cc1OC. The molecule has 0 aliphatic carbocycles. The Morgan fingerprint density at radius 2 is 2.00 bits per heavy atom. The molecule has 0 aromatic heterocycles. The van der Waals surface area contributed by atoms with Crippen molar-refractivity contribution >= 4 is 40.5 Å². The monoisotopic (exact) mass is 475 g/mol. The predicted octanol–water partition coefficient (Wildman–Crippen LogP) is 4.52. The Kier molecular flexibility index (Phi) is 5.95. The summed E-state index contributed by atoms with van der Waals surface area (Å²) in [5.74, 6) is 1.04. The lowest BCUT2D eigenvalue weighted by Gasteiger charge is -2.12. The summed E-state index contributed by atoms with van der Waals surface area (Å²) in [6.07, 6.45) is 3.34. The number of halogens is 1. The van der Waals surface area contributed by atoms with Crippen molar-refractivity contribution in [2.24, 2.45) is 4.99 Å². The Balaban J connectivity index is 1.93. The van der Waals surface area contributed by atoms with Crippen molar-refractivity contribution in [3.63, 3.8) is 0 Å². The summed E-state index contributed by atoms with van der Waals surface area (Å²) >= 11 is 2.16. The van der Waals surface area contributed by atoms with Crippen LogP contribution in [0.25, 0.3) is 6.08 Å². The molecule has 0 spiro atoms. The van der Waals surface area contributed by atoms with Gasteiger partial charge in [-0.25, -0.2) is 9.79 Å². The van der Waals surface area contributed by atoms with Crippen molar-refractivity contribution in [2.75, 3.05) is 13.7 Å². The molecule has 0 saturated carbocycles. The van der Waals surface area contributed by atoms with Gasteiger partial charge in [-0.1, -0.05) is 30.4 Å². The normalized spacial score (nSPS) is 14.7. The molecule has 0 N–H and O–H groups in total. The second-order valence-electron chi connectivity index (χ2n) is 5.84. The van der Waals surface area contributed by atoms with Gasteiger partial charge in [0.1, 0.15) is 6.61 Å². The average molecular weight is 475 g/mol. The van der Waals surface area contributed by atoms with E-state index in [1.165, 1.54) is 0 Å². The minimum Gasteiger partial charge on any atom is -0.493 e. The quantitative estimate of drug-likeness (QED) is 0.267. The van der Waals surface area contributed by atoms with E-state index >= 15 is 0 Å². The fourth-order valence-electron chi connectivity index (χ4n) is 2.49. The van der Waals surface area contributed by atoms with Crippen LogP contribution >= 0.6 is 22.6 Å². The molecule has 0 fully saturated rings. The van der Waals surface area contributed by atoms with E-state index in [0.717, 1.165) is 20.3 Å². The zero-order chi connectivity index (χ0) is 19.4. The summed E-state index contributed by atoms with van der Waals surface area (Å²) < 4.78 is 17.2. The van der Waals surface area contributed by atoms with Crippen LogP contribution in [0.1, 0.15) is 16.7 Å². The summed E-state index contributed by atoms with van der Waals surface area (Å²) in [6.45, 7) is 6.02. The standard InChI is InChI=1S/C21H18INO4/c1-4-9-26-19-16(22)10-14(12-18(19)25-3)11-17-21(24)27-20(23-17)15-7-5-13(2)6-8-15/h4-8,10-12H,1,9H2,2-3H3. The highest BCUT2D eigenvalue weighted by Crippen LogP contribution is 2.35. The molecule has 6 heteroatoms. The molecule has 0 bridgehead atoms. The topological polar surface area (TPSA) is 57.1 Å². The van der Waals surface area contributed by atoms with Crippen molar-refractivity contribution in [1.82, 2.24) is 0 Å². The molecule has 0 unspecified atom stereocenters. The lowest BCUT2D eigenvalue weighted by atomic mass is 10.1. The first kappa shape index (κ1) is 19.2. The van der Waals surface area contributed by atoms with Gasteiger partial charge in [0.05, 0.1) is 10.7 Å². The van der Waals surface area contributed by atoms with Gasteiger partial charge in [0.2, 0.25) is 5.90 Å². The molecule has 0 amide bonds. The van der Waals surface area contributed by atoms with Crippen LogP contribution in [0.5, 0.6) is 11.5 Å². The number of cyclic esters (lactones) is 1. The Bertz CT molecular complexity index is 945. The number of aryl methyl sites for hydroxylation is 1. The van der Waals surface area contributed by atoms with Crippen molar-refractivity contribution in [3.8, 4) is 11.5 Å². The van der Waals surface area contributed by atoms with Gasteiger partial charge in [0, 0.05) is 5.56 Å². The van der Waals surface area contributed by atoms with E-state index in [4.69, 9.17) is 14.2 Å². The third-order valence-electron chi connectivity index (χ3n) is 3.82. The Labute approximate surface area is 171 Å². The maximum atomic E-state index is 12.2. The third-order valence-corrected chi connectivity index (χ3v) is 4.62. The summed E-state index contributed by atoms with van der Waals surface area (Å²) in [4.78, 5) is 16.5. The zero-order valence-electron chi connectivity index (χ0n) is 15.0. The van der Waals surface area contributed by atoms with Gasteiger partial charge >= 0.3 is 5.97 Å². The number of rotatable bonds is 6. The molecule has 1 aliphatic heterocycles. The fourth-order valence-corrected chi connectivity index (χ4v) is 3.27. The molecule has 27 heavy (non-hydrogen) atoms. The minimum atomic E-state index is -0.480. The number of benzene rings is 2. The van der Waals surface area contributed by atoms with Crippen LogP contribution < -0.4 is 9.47 Å². The van der Waals surface area contributed by atoms with Crippen LogP contribution in [0.2, 0.25) is 0 Å². The van der Waals surface area contributed by atoms with Gasteiger partial charge in [-0.2, -0.15) is 0 Å². The van der Waals surface area contributed by atoms with Gasteiger partial charge in [-0.05, 0) is 65.4 Å². The minimum absolute atomic E-state index is 0.239. The van der Waals surface area contributed by atoms with E-state index in [-0.39, 0.29) is 5.70 Å². The van der Waals surface area contributed by atoms with Crippen LogP contribution in [0.15, 0.2) is 59.7 Å². The van der Waals surface area contributed by atoms with Crippen LogP contribution in [0, 0.1) is 10.5 Å². The van der Waals surface area contributed by atoms with Crippen LogP contribution in [-0.2, 0) is 9.53 Å². The van der Waals surface area contributed by atoms with Crippen LogP contribution in [0.4, 0.5) is 0 Å². The number of carbonyl (C=O) groups is 1. The van der Waals surface area contributed by atoms with Gasteiger partial charge in [-0.15, -0.1) is 0 Å². The first-order chi connectivity index (χ1) is 13.0. The molecule has 0 saturated heterocycles. The molecule has 3 rings (SSSR count). The molecule has 2 aromatic carbocycles. The lowest BCUT2D eigenvalue weighted by molar-refractivity contribution is -0.129. The number of aliphatic imine (C=N–C) groups is 1. The smallest absolute Gasteiger partial charge is 0.363 e. The van der Waals surface area contributed by atoms with E-state index in [9.17, 15) is 4.79 Å². The highest BCUT2D eigenvalue weighted by molar-refractivity contribution is 14.1. The maximum absolute atomic E-state index is 12.2. The van der Waals surface area contributed by atoms with Crippen molar-refractivity contribution in [3.05, 3.63) is 75.0 Å². The fraction of sp³-hybridized carbons (Fsp3) is 0.143. The van der Waals surface area contributed by atoms with Crippen molar-refractivity contribution < 1.29 is 19.0 Å². The Morgan fingerprint density at radius 3 is 2.67 bits per heavy atom. The first-order valence-corrected chi connectivity index (χ1v) is 9.30. The summed E-state index contributed by atoms with van der Waals surface area (Å²) in [5, 5.41) is 0. The van der Waals surface area contributed by atoms with Crippen molar-refractivity contribution in [1.29, 1.82) is 0 Å². The first-order valence-electron chi connectivity index (χ1n) is 8.22. The summed E-state index contributed by atoms with van der Waals surface area (Å²) in [6, 6.07) is 11.3. The summed E-state index contributed by atoms with van der Waals surface area (Å²) in [5.41, 5.74) is 2.89. The van der Waals surface area contributed by atoms with E-state index in [2.05, 4.69) is 34.2 Å². The molecule has 1 heterocycles. The summed E-state index contributed by atoms with van der Waals surface area (Å²) in [7, 11) is 1.57. The highest BCUT2D eigenvalue weighted by atomic mass is 127. The van der Waals surface area contributed by atoms with Gasteiger partial charge in [-0.3, -0.25) is 0 Å². The number of ether oxygens (including phenoxy) is 3. The molecule has 2 aromatic rings. The lowest BCUT2D eigenvalue weighted by Crippen LogP contribution is -2.05. The molecule has 138 valence electrons. The zero-order valence-corrected chi connectivity index (χ0v) is 17.1. The number of carbonyl (C=O) groups excluding carboxylic acids is 1. The molecule has 5 nitrogen and oxygen atoms in total. The average Bonchev–Trinajstić information content (AvgIpc) is 3.01. The Morgan fingerprint density at radius 1 is 1.26 bits per heavy atom. The number of methoxy groups -OCH3 is 1. The second-order valence-corrected chi connectivity index (χ2v) is 7.00. The van der Waals surface area contributed by atoms with E-state index in [0.29, 0.717) is 24.0 Å². The maximum Gasteiger partial charge on any atom is 0.363 e. The predicted molar refractivity (Wildman–Crippen MR) is 113 cm³/mol. The highest BCUT2D eigenvalue weighted by Gasteiger charge is 2.24. The molecule has 0 radical (unpaired) electrons. The Hall–Kier alpha value is -2.61. The van der Waals surface area contributed by atoms with Gasteiger partial charge in [0.25, 0.3) is 0 Å². The van der Waals surface area contributed by atoms with E-state index in [1.807, 2.05) is 37.3 Å². The molecule has 1 aliphatic rings. The van der Waals surface area contributed by atoms with Crippen LogP contribution in [-0.4, -0.2) is 25.6 Å². The van der Waals surface area contributed by atoms with Gasteiger partial charge < -0.3 is 14.2 Å². The molecular weight excluding hydrogens is 457 g/mol. The number of esters is 1. The van der Waals surface area contributed by atoms with Crippen molar-refractivity contribution in [2.45, 2.75) is 6.92 Å². The van der Waals surface area contributed by atoms with Gasteiger partial charge in [0.15, 0.2) is 17.2 Å². The van der Waals surface area contributed by atoms with E-state index in [1.54, 1.807) is 25.3 Å². The molecule has 0 atom stereocenters. The number of nitrogens with zero attached hydrogens (tertiary/aromatic N) is 1. The number of hydrogen-bond acceptors (Lipinski definition) is 5.